The number of carbonyl (C=O) groups is 1. The fourth-order valence-electron chi connectivity index (χ4n) is 4.05. The number of fused-ring (bicyclic) bond motifs is 2. The van der Waals surface area contributed by atoms with Crippen LogP contribution < -0.4 is 4.74 Å². The molecule has 1 atom stereocenters. The van der Waals surface area contributed by atoms with Gasteiger partial charge in [-0.25, -0.2) is 4.99 Å². The van der Waals surface area contributed by atoms with Crippen molar-refractivity contribution in [1.29, 1.82) is 0 Å². The van der Waals surface area contributed by atoms with E-state index in [9.17, 15) is 4.79 Å². The molecule has 0 spiro atoms. The van der Waals surface area contributed by atoms with Gasteiger partial charge in [-0.3, -0.25) is 4.79 Å². The molecule has 0 N–H and O–H groups in total. The molecule has 152 valence electrons. The van der Waals surface area contributed by atoms with E-state index in [0.717, 1.165) is 47.2 Å². The zero-order valence-electron chi connectivity index (χ0n) is 17.9. The fourth-order valence-corrected chi connectivity index (χ4v) is 4.05. The minimum absolute atomic E-state index is 0.0195. The van der Waals surface area contributed by atoms with Crippen molar-refractivity contribution < 1.29 is 9.53 Å². The molecule has 2 aromatic rings. The number of carbonyl (C=O) groups excluding carboxylic acids is 1. The van der Waals surface area contributed by atoms with Crippen molar-refractivity contribution in [2.24, 2.45) is 10.9 Å². The summed E-state index contributed by atoms with van der Waals surface area (Å²) in [6.07, 6.45) is 0. The number of benzene rings is 2. The van der Waals surface area contributed by atoms with Crippen LogP contribution in [0.3, 0.4) is 0 Å². The monoisotopic (exact) mass is 391 g/mol. The predicted molar refractivity (Wildman–Crippen MR) is 116 cm³/mol. The second-order valence-corrected chi connectivity index (χ2v) is 8.49. The van der Waals surface area contributed by atoms with E-state index in [2.05, 4.69) is 43.9 Å². The smallest absolute Gasteiger partial charge is 0.225 e. The lowest BCUT2D eigenvalue weighted by molar-refractivity contribution is -0.138. The lowest BCUT2D eigenvalue weighted by atomic mass is 10.1. The topological polar surface area (TPSA) is 45.1 Å². The van der Waals surface area contributed by atoms with Crippen LogP contribution in [0.2, 0.25) is 0 Å². The number of hydrogen-bond donors (Lipinski definition) is 0. The Morgan fingerprint density at radius 3 is 2.52 bits per heavy atom. The van der Waals surface area contributed by atoms with E-state index >= 15 is 0 Å². The number of nitrogens with zero attached hydrogens (tertiary/aromatic N) is 3. The van der Waals surface area contributed by atoms with Crippen LogP contribution in [0.15, 0.2) is 41.4 Å². The normalized spacial score (nSPS) is 18.6. The minimum atomic E-state index is 0.0195. The lowest BCUT2D eigenvalue weighted by Gasteiger charge is -2.42. The van der Waals surface area contributed by atoms with Gasteiger partial charge in [-0.1, -0.05) is 31.5 Å². The Morgan fingerprint density at radius 2 is 1.79 bits per heavy atom. The van der Waals surface area contributed by atoms with E-state index in [-0.39, 0.29) is 17.9 Å². The molecule has 2 aliphatic rings. The fraction of sp³-hybridized carbons (Fsp3) is 0.417. The standard InChI is InChI=1S/C24H29N3O2/c1-15(2)24(28)27-11-10-26(14-18(27)5)23-19-12-16(3)7-9-21(19)29-22-13-17(4)6-8-20(22)25-23/h6-9,12-13,15,18H,10-11,14H2,1-5H3/t18-/m0/s1. The molecule has 5 heteroatoms. The van der Waals surface area contributed by atoms with E-state index in [4.69, 9.17) is 9.73 Å². The molecule has 1 amide bonds. The van der Waals surface area contributed by atoms with Crippen molar-refractivity contribution in [3.8, 4) is 11.5 Å². The van der Waals surface area contributed by atoms with E-state index in [1.165, 1.54) is 5.56 Å². The molecule has 2 aromatic carbocycles. The van der Waals surface area contributed by atoms with Gasteiger partial charge in [0.1, 0.15) is 17.3 Å². The Balaban J connectivity index is 1.73. The predicted octanol–water partition coefficient (Wildman–Crippen LogP) is 4.68. The Kier molecular flexibility index (Phi) is 5.07. The van der Waals surface area contributed by atoms with Gasteiger partial charge >= 0.3 is 0 Å². The largest absolute Gasteiger partial charge is 0.454 e. The number of aliphatic imine (C=N–C) groups is 1. The van der Waals surface area contributed by atoms with E-state index in [1.807, 2.05) is 36.9 Å². The summed E-state index contributed by atoms with van der Waals surface area (Å²) in [5, 5.41) is 0. The zero-order valence-corrected chi connectivity index (χ0v) is 17.9. The molecule has 0 radical (unpaired) electrons. The molecule has 0 unspecified atom stereocenters. The number of hydrogen-bond acceptors (Lipinski definition) is 4. The van der Waals surface area contributed by atoms with Crippen molar-refractivity contribution in [1.82, 2.24) is 9.80 Å². The third kappa shape index (κ3) is 3.74. The van der Waals surface area contributed by atoms with Gasteiger partial charge in [-0.2, -0.15) is 0 Å². The molecule has 29 heavy (non-hydrogen) atoms. The number of amidine groups is 1. The lowest BCUT2D eigenvalue weighted by Crippen LogP contribution is -2.56. The van der Waals surface area contributed by atoms with E-state index in [1.54, 1.807) is 0 Å². The first-order valence-electron chi connectivity index (χ1n) is 10.4. The van der Waals surface area contributed by atoms with Gasteiger partial charge in [-0.15, -0.1) is 0 Å². The Hall–Kier alpha value is -2.82. The summed E-state index contributed by atoms with van der Waals surface area (Å²) in [6.45, 7) is 12.4. The summed E-state index contributed by atoms with van der Waals surface area (Å²) in [7, 11) is 0. The van der Waals surface area contributed by atoms with Crippen molar-refractivity contribution in [3.05, 3.63) is 53.1 Å². The Labute approximate surface area is 173 Å². The molecule has 5 nitrogen and oxygen atoms in total. The van der Waals surface area contributed by atoms with Crippen molar-refractivity contribution >= 4 is 17.4 Å². The van der Waals surface area contributed by atoms with Crippen molar-refractivity contribution in [2.75, 3.05) is 19.6 Å². The number of rotatable bonds is 1. The molecular weight excluding hydrogens is 362 g/mol. The van der Waals surface area contributed by atoms with Gasteiger partial charge in [0.15, 0.2) is 5.75 Å². The number of piperazine rings is 1. The third-order valence-corrected chi connectivity index (χ3v) is 5.64. The van der Waals surface area contributed by atoms with Crippen LogP contribution in [0, 0.1) is 19.8 Å². The zero-order chi connectivity index (χ0) is 20.7. The average Bonchev–Trinajstić information content (AvgIpc) is 2.83. The van der Waals surface area contributed by atoms with Crippen LogP contribution in [0.4, 0.5) is 5.69 Å². The van der Waals surface area contributed by atoms with E-state index in [0.29, 0.717) is 6.54 Å². The molecule has 4 rings (SSSR count). The first-order valence-corrected chi connectivity index (χ1v) is 10.4. The maximum absolute atomic E-state index is 12.5. The summed E-state index contributed by atoms with van der Waals surface area (Å²) in [5.41, 5.74) is 4.16. The highest BCUT2D eigenvalue weighted by molar-refractivity contribution is 6.04. The molecule has 2 aliphatic heterocycles. The summed E-state index contributed by atoms with van der Waals surface area (Å²) < 4.78 is 6.27. The van der Waals surface area contributed by atoms with Gasteiger partial charge < -0.3 is 14.5 Å². The second-order valence-electron chi connectivity index (χ2n) is 8.49. The molecule has 1 fully saturated rings. The number of aryl methyl sites for hydroxylation is 2. The van der Waals surface area contributed by atoms with Gasteiger partial charge in [0, 0.05) is 31.6 Å². The van der Waals surface area contributed by atoms with E-state index < -0.39 is 0 Å². The molecule has 0 bridgehead atoms. The molecule has 0 aliphatic carbocycles. The maximum Gasteiger partial charge on any atom is 0.225 e. The molecular formula is C24H29N3O2. The first kappa shape index (κ1) is 19.5. The van der Waals surface area contributed by atoms with Crippen LogP contribution in [0.5, 0.6) is 11.5 Å². The molecule has 0 aromatic heterocycles. The van der Waals surface area contributed by atoms with Gasteiger partial charge in [0.2, 0.25) is 5.91 Å². The summed E-state index contributed by atoms with van der Waals surface area (Å²) >= 11 is 0. The second kappa shape index (κ2) is 7.54. The number of amides is 1. The van der Waals surface area contributed by atoms with Gasteiger partial charge in [0.25, 0.3) is 0 Å². The highest BCUT2D eigenvalue weighted by Crippen LogP contribution is 2.39. The highest BCUT2D eigenvalue weighted by Gasteiger charge is 2.32. The molecule has 1 saturated heterocycles. The SMILES string of the molecule is Cc1ccc2c(c1)Oc1ccc(C)cc1C(N1CCN(C(=O)C(C)C)[C@@H](C)C1)=N2. The Bertz CT molecular complexity index is 980. The van der Waals surface area contributed by atoms with Gasteiger partial charge in [0.05, 0.1) is 5.56 Å². The summed E-state index contributed by atoms with van der Waals surface area (Å²) in [5.74, 6) is 2.78. The van der Waals surface area contributed by atoms with Crippen LogP contribution in [0.1, 0.15) is 37.5 Å². The highest BCUT2D eigenvalue weighted by atomic mass is 16.5. The number of ether oxygens (including phenoxy) is 1. The van der Waals surface area contributed by atoms with Crippen LogP contribution in [-0.2, 0) is 4.79 Å². The van der Waals surface area contributed by atoms with Crippen LogP contribution in [-0.4, -0.2) is 47.2 Å². The van der Waals surface area contributed by atoms with Gasteiger partial charge in [-0.05, 0) is 50.6 Å². The quantitative estimate of drug-likeness (QED) is 0.709. The summed E-state index contributed by atoms with van der Waals surface area (Å²) in [6, 6.07) is 12.5. The molecule has 2 heterocycles. The minimum Gasteiger partial charge on any atom is -0.454 e. The Morgan fingerprint density at radius 1 is 1.07 bits per heavy atom. The van der Waals surface area contributed by atoms with Crippen LogP contribution >= 0.6 is 0 Å². The third-order valence-electron chi connectivity index (χ3n) is 5.64. The van der Waals surface area contributed by atoms with Crippen molar-refractivity contribution in [3.63, 3.8) is 0 Å². The summed E-state index contributed by atoms with van der Waals surface area (Å²) in [4.78, 5) is 21.9. The van der Waals surface area contributed by atoms with Crippen LogP contribution in [0.25, 0.3) is 0 Å². The van der Waals surface area contributed by atoms with Crippen molar-refractivity contribution in [2.45, 2.75) is 40.7 Å². The first-order chi connectivity index (χ1) is 13.8. The molecule has 0 saturated carbocycles. The maximum atomic E-state index is 12.5. The average molecular weight is 392 g/mol.